The van der Waals surface area contributed by atoms with Crippen molar-refractivity contribution in [3.63, 3.8) is 0 Å². The van der Waals surface area contributed by atoms with Crippen LogP contribution in [0.2, 0.25) is 0 Å². The van der Waals surface area contributed by atoms with Crippen LogP contribution in [0, 0.1) is 13.8 Å². The first-order valence-electron chi connectivity index (χ1n) is 11.0. The lowest BCUT2D eigenvalue weighted by molar-refractivity contribution is 0.0986. The van der Waals surface area contributed by atoms with Crippen molar-refractivity contribution in [2.24, 2.45) is 0 Å². The Kier molecular flexibility index (Phi) is 8.04. The minimum atomic E-state index is -0.0219. The van der Waals surface area contributed by atoms with Gasteiger partial charge in [0.25, 0.3) is 5.91 Å². The number of hydrogen-bond donors (Lipinski definition) is 0. The maximum absolute atomic E-state index is 13.4. The smallest absolute Gasteiger partial charge is 0.260 e. The molecule has 3 aromatic rings. The summed E-state index contributed by atoms with van der Waals surface area (Å²) in [6.07, 6.45) is 3.00. The van der Waals surface area contributed by atoms with Gasteiger partial charge in [-0.15, -0.1) is 0 Å². The number of carbonyl (C=O) groups excluding carboxylic acids is 1. The van der Waals surface area contributed by atoms with Crippen LogP contribution < -0.4 is 9.64 Å². The Balaban J connectivity index is 1.85. The first-order chi connectivity index (χ1) is 14.9. The number of fused-ring (bicyclic) bond motifs is 1. The van der Waals surface area contributed by atoms with Crippen molar-refractivity contribution >= 4 is 32.6 Å². The Labute approximate surface area is 189 Å². The third-order valence-corrected chi connectivity index (χ3v) is 6.36. The lowest BCUT2D eigenvalue weighted by Crippen LogP contribution is -2.33. The summed E-state index contributed by atoms with van der Waals surface area (Å²) in [6, 6.07) is 11.7. The average molecular weight is 440 g/mol. The van der Waals surface area contributed by atoms with Gasteiger partial charge in [0.2, 0.25) is 0 Å². The molecule has 31 heavy (non-hydrogen) atoms. The quantitative estimate of drug-likeness (QED) is 0.381. The Morgan fingerprint density at radius 3 is 2.42 bits per heavy atom. The second-order valence-electron chi connectivity index (χ2n) is 8.24. The summed E-state index contributed by atoms with van der Waals surface area (Å²) >= 11 is 1.58. The zero-order valence-electron chi connectivity index (χ0n) is 19.3. The van der Waals surface area contributed by atoms with Gasteiger partial charge in [0.1, 0.15) is 5.75 Å². The van der Waals surface area contributed by atoms with E-state index in [-0.39, 0.29) is 5.91 Å². The van der Waals surface area contributed by atoms with E-state index in [1.165, 1.54) is 11.1 Å². The number of aromatic nitrogens is 1. The Morgan fingerprint density at radius 1 is 1.03 bits per heavy atom. The predicted molar refractivity (Wildman–Crippen MR) is 131 cm³/mol. The topological polar surface area (TPSA) is 45.7 Å². The van der Waals surface area contributed by atoms with Crippen LogP contribution in [-0.2, 0) is 0 Å². The number of thiazole rings is 1. The molecule has 6 heteroatoms. The van der Waals surface area contributed by atoms with E-state index < -0.39 is 0 Å². The fourth-order valence-electron chi connectivity index (χ4n) is 3.30. The molecule has 0 radical (unpaired) electrons. The van der Waals surface area contributed by atoms with Crippen molar-refractivity contribution in [2.75, 3.05) is 38.7 Å². The molecule has 166 valence electrons. The molecule has 0 unspecified atom stereocenters. The van der Waals surface area contributed by atoms with Crippen molar-refractivity contribution in [3.8, 4) is 5.75 Å². The number of carbonyl (C=O) groups is 1. The van der Waals surface area contributed by atoms with Gasteiger partial charge in [-0.2, -0.15) is 0 Å². The highest BCUT2D eigenvalue weighted by atomic mass is 32.1. The van der Waals surface area contributed by atoms with Crippen LogP contribution in [0.5, 0.6) is 5.75 Å². The summed E-state index contributed by atoms with van der Waals surface area (Å²) < 4.78 is 6.85. The van der Waals surface area contributed by atoms with Gasteiger partial charge in [0, 0.05) is 12.1 Å². The Bertz CT molecular complexity index is 973. The second-order valence-corrected chi connectivity index (χ2v) is 9.25. The van der Waals surface area contributed by atoms with Crippen molar-refractivity contribution in [3.05, 3.63) is 53.1 Å². The summed E-state index contributed by atoms with van der Waals surface area (Å²) in [7, 11) is 4.10. The zero-order chi connectivity index (χ0) is 22.4. The molecule has 0 fully saturated rings. The fraction of sp³-hybridized carbons (Fsp3) is 0.440. The first kappa shape index (κ1) is 23.2. The van der Waals surface area contributed by atoms with E-state index in [0.717, 1.165) is 46.9 Å². The van der Waals surface area contributed by atoms with E-state index >= 15 is 0 Å². The number of hydrogen-bond acceptors (Lipinski definition) is 5. The lowest BCUT2D eigenvalue weighted by atomic mass is 10.1. The molecule has 1 amide bonds. The van der Waals surface area contributed by atoms with Crippen LogP contribution in [-0.4, -0.2) is 49.6 Å². The van der Waals surface area contributed by atoms with E-state index in [4.69, 9.17) is 9.72 Å². The van der Waals surface area contributed by atoms with E-state index in [0.29, 0.717) is 18.7 Å². The molecule has 0 saturated heterocycles. The van der Waals surface area contributed by atoms with Gasteiger partial charge < -0.3 is 9.64 Å². The number of unbranched alkanes of at least 4 members (excludes halogenated alkanes) is 1. The highest BCUT2D eigenvalue weighted by Gasteiger charge is 2.21. The van der Waals surface area contributed by atoms with Crippen LogP contribution in [0.4, 0.5) is 5.13 Å². The van der Waals surface area contributed by atoms with Crippen LogP contribution in [0.25, 0.3) is 10.2 Å². The van der Waals surface area contributed by atoms with E-state index in [9.17, 15) is 4.79 Å². The minimum absolute atomic E-state index is 0.0219. The molecule has 0 aliphatic rings. The highest BCUT2D eigenvalue weighted by molar-refractivity contribution is 7.22. The standard InChI is InChI=1S/C25H33N3O2S/c1-6-7-15-30-21-11-9-20(10-12-21)24(29)28(14-8-13-27(4)5)25-26-22-16-18(2)19(3)17-23(22)31-25/h9-12,16-17H,6-8,13-15H2,1-5H3. The molecular weight excluding hydrogens is 406 g/mol. The monoisotopic (exact) mass is 439 g/mol. The molecule has 0 aliphatic heterocycles. The predicted octanol–water partition coefficient (Wildman–Crippen LogP) is 5.69. The molecule has 0 N–H and O–H groups in total. The van der Waals surface area contributed by atoms with Gasteiger partial charge in [-0.05, 0) is 94.9 Å². The molecule has 1 aromatic heterocycles. The number of rotatable bonds is 10. The maximum Gasteiger partial charge on any atom is 0.260 e. The number of benzene rings is 2. The molecule has 0 bridgehead atoms. The second kappa shape index (κ2) is 10.7. The van der Waals surface area contributed by atoms with E-state index in [1.54, 1.807) is 11.3 Å². The molecule has 2 aromatic carbocycles. The van der Waals surface area contributed by atoms with Crippen molar-refractivity contribution < 1.29 is 9.53 Å². The van der Waals surface area contributed by atoms with Crippen LogP contribution in [0.1, 0.15) is 47.7 Å². The van der Waals surface area contributed by atoms with Gasteiger partial charge in [0.15, 0.2) is 5.13 Å². The van der Waals surface area contributed by atoms with Crippen molar-refractivity contribution in [1.82, 2.24) is 9.88 Å². The van der Waals surface area contributed by atoms with E-state index in [1.807, 2.05) is 43.3 Å². The van der Waals surface area contributed by atoms with Crippen LogP contribution in [0.3, 0.4) is 0 Å². The third-order valence-electron chi connectivity index (χ3n) is 5.32. The number of nitrogens with zero attached hydrogens (tertiary/aromatic N) is 3. The highest BCUT2D eigenvalue weighted by Crippen LogP contribution is 2.32. The molecule has 0 atom stereocenters. The van der Waals surface area contributed by atoms with E-state index in [2.05, 4.69) is 37.8 Å². The van der Waals surface area contributed by atoms with Gasteiger partial charge in [-0.3, -0.25) is 9.69 Å². The van der Waals surface area contributed by atoms with Gasteiger partial charge in [0.05, 0.1) is 16.8 Å². The fourth-order valence-corrected chi connectivity index (χ4v) is 4.37. The average Bonchev–Trinajstić information content (AvgIpc) is 3.14. The summed E-state index contributed by atoms with van der Waals surface area (Å²) in [5.74, 6) is 0.779. The lowest BCUT2D eigenvalue weighted by Gasteiger charge is -2.21. The SMILES string of the molecule is CCCCOc1ccc(C(=O)N(CCCN(C)C)c2nc3cc(C)c(C)cc3s2)cc1. The molecule has 5 nitrogen and oxygen atoms in total. The minimum Gasteiger partial charge on any atom is -0.494 e. The van der Waals surface area contributed by atoms with Crippen molar-refractivity contribution in [1.29, 1.82) is 0 Å². The number of aryl methyl sites for hydroxylation is 2. The maximum atomic E-state index is 13.4. The van der Waals surface area contributed by atoms with Gasteiger partial charge >= 0.3 is 0 Å². The first-order valence-corrected chi connectivity index (χ1v) is 11.8. The largest absolute Gasteiger partial charge is 0.494 e. The molecule has 0 aliphatic carbocycles. The third kappa shape index (κ3) is 6.05. The van der Waals surface area contributed by atoms with Gasteiger partial charge in [-0.25, -0.2) is 4.98 Å². The molecular formula is C25H33N3O2S. The van der Waals surface area contributed by atoms with Gasteiger partial charge in [-0.1, -0.05) is 24.7 Å². The number of ether oxygens (including phenoxy) is 1. The molecule has 3 rings (SSSR count). The summed E-state index contributed by atoms with van der Waals surface area (Å²) in [6.45, 7) is 8.59. The van der Waals surface area contributed by atoms with Crippen molar-refractivity contribution in [2.45, 2.75) is 40.0 Å². The zero-order valence-corrected chi connectivity index (χ0v) is 20.1. The normalized spacial score (nSPS) is 11.3. The summed E-state index contributed by atoms with van der Waals surface area (Å²) in [4.78, 5) is 22.2. The van der Waals surface area contributed by atoms with Crippen LogP contribution >= 0.6 is 11.3 Å². The number of anilines is 1. The summed E-state index contributed by atoms with van der Waals surface area (Å²) in [5, 5.41) is 0.757. The summed E-state index contributed by atoms with van der Waals surface area (Å²) in [5.41, 5.74) is 4.06. The number of amides is 1. The molecule has 0 saturated carbocycles. The Hall–Kier alpha value is -2.44. The Morgan fingerprint density at radius 2 is 1.74 bits per heavy atom. The molecule has 1 heterocycles. The van der Waals surface area contributed by atoms with Crippen LogP contribution in [0.15, 0.2) is 36.4 Å². The molecule has 0 spiro atoms.